The van der Waals surface area contributed by atoms with Crippen LogP contribution in [0, 0.1) is 0 Å². The predicted molar refractivity (Wildman–Crippen MR) is 82.8 cm³/mol. The van der Waals surface area contributed by atoms with Crippen LogP contribution in [0.5, 0.6) is 5.88 Å². The highest BCUT2D eigenvalue weighted by Crippen LogP contribution is 2.33. The molecule has 2 aromatic heterocycles. The van der Waals surface area contributed by atoms with E-state index in [4.69, 9.17) is 21.2 Å². The Morgan fingerprint density at radius 2 is 2.00 bits per heavy atom. The van der Waals surface area contributed by atoms with Crippen LogP contribution in [0.25, 0.3) is 10.8 Å². The summed E-state index contributed by atoms with van der Waals surface area (Å²) in [7, 11) is 1.63. The normalized spacial score (nSPS) is 16.8. The van der Waals surface area contributed by atoms with Gasteiger partial charge in [-0.1, -0.05) is 11.6 Å². The molecule has 1 N–H and O–H groups in total. The van der Waals surface area contributed by atoms with Gasteiger partial charge in [-0.05, 0) is 25.3 Å². The molecule has 22 heavy (non-hydrogen) atoms. The van der Waals surface area contributed by atoms with Gasteiger partial charge in [0.2, 0.25) is 5.88 Å². The van der Waals surface area contributed by atoms with E-state index in [-0.39, 0.29) is 6.10 Å². The lowest BCUT2D eigenvalue weighted by Crippen LogP contribution is -2.52. The minimum atomic E-state index is -1.03. The van der Waals surface area contributed by atoms with Crippen LogP contribution in [0.3, 0.4) is 0 Å². The topological polar surface area (TPSA) is 67.7 Å². The molecule has 0 aliphatic carbocycles. The van der Waals surface area contributed by atoms with Crippen molar-refractivity contribution in [1.29, 1.82) is 0 Å². The summed E-state index contributed by atoms with van der Waals surface area (Å²) in [4.78, 5) is 13.5. The second kappa shape index (κ2) is 5.62. The molecule has 1 saturated heterocycles. The number of rotatable bonds is 4. The molecule has 0 amide bonds. The van der Waals surface area contributed by atoms with Crippen LogP contribution < -0.4 is 4.74 Å². The zero-order valence-corrected chi connectivity index (χ0v) is 13.5. The molecule has 118 valence electrons. The van der Waals surface area contributed by atoms with E-state index in [1.807, 2.05) is 0 Å². The summed E-state index contributed by atoms with van der Waals surface area (Å²) in [6.45, 7) is 4.79. The van der Waals surface area contributed by atoms with Crippen molar-refractivity contribution in [2.75, 3.05) is 20.2 Å². The van der Waals surface area contributed by atoms with Crippen LogP contribution in [0.4, 0.5) is 0 Å². The molecule has 0 bridgehead atoms. The van der Waals surface area contributed by atoms with Gasteiger partial charge in [-0.3, -0.25) is 0 Å². The van der Waals surface area contributed by atoms with Gasteiger partial charge < -0.3 is 14.7 Å². The van der Waals surface area contributed by atoms with Crippen molar-refractivity contribution in [3.05, 3.63) is 29.2 Å². The molecule has 1 fully saturated rings. The van der Waals surface area contributed by atoms with E-state index in [1.165, 1.54) is 0 Å². The molecular weight excluding hydrogens is 306 g/mol. The van der Waals surface area contributed by atoms with Gasteiger partial charge in [0.1, 0.15) is 11.3 Å². The fraction of sp³-hybridized carbons (Fsp3) is 0.467. The maximum Gasteiger partial charge on any atom is 0.223 e. The summed E-state index contributed by atoms with van der Waals surface area (Å²) in [6.07, 6.45) is 3.28. The highest BCUT2D eigenvalue weighted by molar-refractivity contribution is 6.30. The van der Waals surface area contributed by atoms with Crippen LogP contribution in [0.2, 0.25) is 5.15 Å². The van der Waals surface area contributed by atoms with Crippen LogP contribution in [0.15, 0.2) is 18.5 Å². The highest BCUT2D eigenvalue weighted by Gasteiger charge is 2.30. The zero-order chi connectivity index (χ0) is 15.9. The smallest absolute Gasteiger partial charge is 0.223 e. The van der Waals surface area contributed by atoms with E-state index in [9.17, 15) is 5.11 Å². The van der Waals surface area contributed by atoms with E-state index in [0.717, 1.165) is 10.8 Å². The average molecular weight is 324 g/mol. The molecule has 0 radical (unpaired) electrons. The lowest BCUT2D eigenvalue weighted by molar-refractivity contribution is -0.210. The van der Waals surface area contributed by atoms with Crippen molar-refractivity contribution < 1.29 is 14.7 Å². The van der Waals surface area contributed by atoms with Crippen molar-refractivity contribution in [2.24, 2.45) is 0 Å². The number of aromatic nitrogens is 2. The second-order valence-electron chi connectivity index (χ2n) is 5.86. The van der Waals surface area contributed by atoms with E-state index in [0.29, 0.717) is 29.7 Å². The van der Waals surface area contributed by atoms with E-state index in [2.05, 4.69) is 9.97 Å². The first-order valence-corrected chi connectivity index (χ1v) is 7.39. The molecule has 6 nitrogen and oxygen atoms in total. The Bertz CT molecular complexity index is 696. The molecule has 0 atom stereocenters. The van der Waals surface area contributed by atoms with Gasteiger partial charge in [-0.2, -0.15) is 5.06 Å². The number of pyridine rings is 2. The maximum absolute atomic E-state index is 10.3. The molecular formula is C15H18ClN3O3. The molecule has 0 saturated carbocycles. The van der Waals surface area contributed by atoms with E-state index in [1.54, 1.807) is 44.5 Å². The summed E-state index contributed by atoms with van der Waals surface area (Å²) < 4.78 is 5.91. The summed E-state index contributed by atoms with van der Waals surface area (Å²) in [5, 5.41) is 14.0. The molecule has 0 spiro atoms. The van der Waals surface area contributed by atoms with Gasteiger partial charge in [-0.15, -0.1) is 0 Å². The number of hydroxylamine groups is 2. The number of nitrogens with zero attached hydrogens (tertiary/aromatic N) is 3. The van der Waals surface area contributed by atoms with Gasteiger partial charge >= 0.3 is 0 Å². The number of hydrogen-bond acceptors (Lipinski definition) is 6. The minimum absolute atomic E-state index is 0.0271. The standard InChI is InChI=1S/C15H18ClN3O3/c1-15(2,20)12-6-18-14(22-9-7-19(8-9)21-3)11-5-17-13(16)4-10(11)12/h4-6,9,20H,7-8H2,1-3H3. The Morgan fingerprint density at radius 1 is 1.27 bits per heavy atom. The first kappa shape index (κ1) is 15.4. The molecule has 1 aliphatic heterocycles. The van der Waals surface area contributed by atoms with Crippen molar-refractivity contribution >= 4 is 22.4 Å². The van der Waals surface area contributed by atoms with Gasteiger partial charge in [0.05, 0.1) is 31.2 Å². The molecule has 3 heterocycles. The van der Waals surface area contributed by atoms with Crippen molar-refractivity contribution in [2.45, 2.75) is 25.6 Å². The molecule has 0 unspecified atom stereocenters. The first-order chi connectivity index (χ1) is 10.4. The van der Waals surface area contributed by atoms with Crippen molar-refractivity contribution in [3.63, 3.8) is 0 Å². The fourth-order valence-corrected chi connectivity index (χ4v) is 2.61. The number of ether oxygens (including phenoxy) is 1. The molecule has 0 aromatic carbocycles. The maximum atomic E-state index is 10.3. The van der Waals surface area contributed by atoms with E-state index < -0.39 is 5.60 Å². The highest BCUT2D eigenvalue weighted by atomic mass is 35.5. The SMILES string of the molecule is CON1CC(Oc2ncc(C(C)(C)O)c3cc(Cl)ncc23)C1. The quantitative estimate of drug-likeness (QED) is 0.869. The number of hydrogen-bond donors (Lipinski definition) is 1. The van der Waals surface area contributed by atoms with Gasteiger partial charge in [0, 0.05) is 18.0 Å². The Balaban J connectivity index is 1.99. The average Bonchev–Trinajstić information content (AvgIpc) is 2.40. The monoisotopic (exact) mass is 323 g/mol. The van der Waals surface area contributed by atoms with Gasteiger partial charge in [-0.25, -0.2) is 9.97 Å². The van der Waals surface area contributed by atoms with Crippen LogP contribution >= 0.6 is 11.6 Å². The largest absolute Gasteiger partial charge is 0.471 e. The van der Waals surface area contributed by atoms with Crippen molar-refractivity contribution in [3.8, 4) is 5.88 Å². The van der Waals surface area contributed by atoms with Crippen molar-refractivity contribution in [1.82, 2.24) is 15.0 Å². The minimum Gasteiger partial charge on any atom is -0.471 e. The second-order valence-corrected chi connectivity index (χ2v) is 6.25. The Morgan fingerprint density at radius 3 is 2.64 bits per heavy atom. The lowest BCUT2D eigenvalue weighted by atomic mass is 9.95. The van der Waals surface area contributed by atoms with E-state index >= 15 is 0 Å². The number of aliphatic hydroxyl groups is 1. The summed E-state index contributed by atoms with van der Waals surface area (Å²) in [6, 6.07) is 1.72. The molecule has 1 aliphatic rings. The molecule has 3 rings (SSSR count). The Labute approximate surface area is 133 Å². The van der Waals surface area contributed by atoms with Crippen LogP contribution in [-0.4, -0.2) is 46.4 Å². The number of halogens is 1. The predicted octanol–water partition coefficient (Wildman–Crippen LogP) is 2.13. The third-order valence-electron chi connectivity index (χ3n) is 3.71. The number of fused-ring (bicyclic) bond motifs is 1. The summed E-state index contributed by atoms with van der Waals surface area (Å²) >= 11 is 6.00. The Hall–Kier alpha value is -1.47. The molecule has 2 aromatic rings. The third kappa shape index (κ3) is 2.87. The third-order valence-corrected chi connectivity index (χ3v) is 3.92. The Kier molecular flexibility index (Phi) is 3.94. The van der Waals surface area contributed by atoms with Gasteiger partial charge in [0.25, 0.3) is 0 Å². The van der Waals surface area contributed by atoms with Crippen LogP contribution in [-0.2, 0) is 10.4 Å². The zero-order valence-electron chi connectivity index (χ0n) is 12.7. The van der Waals surface area contributed by atoms with Crippen LogP contribution in [0.1, 0.15) is 19.4 Å². The van der Waals surface area contributed by atoms with Gasteiger partial charge in [0.15, 0.2) is 0 Å². The molecule has 7 heteroatoms. The first-order valence-electron chi connectivity index (χ1n) is 7.01. The lowest BCUT2D eigenvalue weighted by Gasteiger charge is -2.36. The summed E-state index contributed by atoms with van der Waals surface area (Å²) in [5.74, 6) is 0.493. The fourth-order valence-electron chi connectivity index (χ4n) is 2.45. The summed E-state index contributed by atoms with van der Waals surface area (Å²) in [5.41, 5.74) is -0.344.